The summed E-state index contributed by atoms with van der Waals surface area (Å²) >= 11 is 0. The predicted octanol–water partition coefficient (Wildman–Crippen LogP) is 2.80. The van der Waals surface area contributed by atoms with Gasteiger partial charge in [0.15, 0.2) is 5.65 Å². The van der Waals surface area contributed by atoms with Crippen molar-refractivity contribution in [3.05, 3.63) is 71.3 Å². The summed E-state index contributed by atoms with van der Waals surface area (Å²) in [5, 5.41) is 0. The topological polar surface area (TPSA) is 104 Å². The van der Waals surface area contributed by atoms with Crippen molar-refractivity contribution in [3.8, 4) is 11.7 Å². The quantitative estimate of drug-likeness (QED) is 0.473. The number of hydrogen-bond donors (Lipinski definition) is 1. The molecule has 5 aromatic rings. The molecule has 0 saturated heterocycles. The zero-order valence-corrected chi connectivity index (χ0v) is 15.5. The van der Waals surface area contributed by atoms with Crippen molar-refractivity contribution in [1.82, 2.24) is 34.1 Å². The molecule has 156 valence electrons. The van der Waals surface area contributed by atoms with Gasteiger partial charge in [0.1, 0.15) is 17.6 Å². The van der Waals surface area contributed by atoms with Crippen LogP contribution in [0.2, 0.25) is 0 Å². The van der Waals surface area contributed by atoms with E-state index in [1.54, 1.807) is 18.5 Å². The standard InChI is InChI=1S/C19H12F3N7O2/c20-19(21,22)31-12-3-4-13-15(6-12)29(10-25-13)17-24-8-14-16(27-17)28(18(30)26-14)9-11-2-1-5-23-7-11/h1-8,10H,9H2,(H,26,30). The Bertz CT molecular complexity index is 1450. The summed E-state index contributed by atoms with van der Waals surface area (Å²) in [5.74, 6) is -0.254. The molecule has 0 bridgehead atoms. The van der Waals surface area contributed by atoms with Gasteiger partial charge in [-0.3, -0.25) is 14.1 Å². The molecular weight excluding hydrogens is 415 g/mol. The number of H-pyrrole nitrogens is 1. The lowest BCUT2D eigenvalue weighted by Crippen LogP contribution is -2.18. The number of ether oxygens (including phenoxy) is 1. The Labute approximate surface area is 170 Å². The Balaban J connectivity index is 1.60. The number of aromatic nitrogens is 7. The molecule has 0 aliphatic carbocycles. The number of pyridine rings is 1. The molecule has 0 spiro atoms. The number of halogens is 3. The van der Waals surface area contributed by atoms with Crippen molar-refractivity contribution < 1.29 is 17.9 Å². The van der Waals surface area contributed by atoms with E-state index in [0.29, 0.717) is 22.2 Å². The molecule has 1 aromatic carbocycles. The highest BCUT2D eigenvalue weighted by Gasteiger charge is 2.31. The fraction of sp³-hybridized carbons (Fsp3) is 0.105. The van der Waals surface area contributed by atoms with Gasteiger partial charge < -0.3 is 9.72 Å². The third-order valence-corrected chi connectivity index (χ3v) is 4.53. The summed E-state index contributed by atoms with van der Waals surface area (Å²) in [5.41, 5.74) is 1.93. The molecule has 0 aliphatic heterocycles. The second-order valence-electron chi connectivity index (χ2n) is 6.60. The minimum Gasteiger partial charge on any atom is -0.406 e. The van der Waals surface area contributed by atoms with E-state index in [0.717, 1.165) is 5.56 Å². The molecule has 0 atom stereocenters. The van der Waals surface area contributed by atoms with Crippen LogP contribution < -0.4 is 10.4 Å². The van der Waals surface area contributed by atoms with Crippen LogP contribution in [0.1, 0.15) is 5.56 Å². The highest BCUT2D eigenvalue weighted by atomic mass is 19.4. The first-order chi connectivity index (χ1) is 14.9. The molecule has 0 aliphatic rings. The van der Waals surface area contributed by atoms with E-state index in [9.17, 15) is 18.0 Å². The number of imidazole rings is 2. The van der Waals surface area contributed by atoms with E-state index in [1.165, 1.54) is 39.9 Å². The van der Waals surface area contributed by atoms with Gasteiger partial charge in [0, 0.05) is 18.5 Å². The molecule has 0 unspecified atom stereocenters. The van der Waals surface area contributed by atoms with Gasteiger partial charge in [-0.05, 0) is 23.8 Å². The van der Waals surface area contributed by atoms with Gasteiger partial charge in [0.2, 0.25) is 5.95 Å². The Morgan fingerprint density at radius 2 is 2.00 bits per heavy atom. The number of aromatic amines is 1. The highest BCUT2D eigenvalue weighted by molar-refractivity contribution is 5.79. The SMILES string of the molecule is O=c1[nH]c2cnc(-n3cnc4ccc(OC(F)(F)F)cc43)nc2n1Cc1cccnc1. The van der Waals surface area contributed by atoms with Crippen molar-refractivity contribution in [2.75, 3.05) is 0 Å². The lowest BCUT2D eigenvalue weighted by molar-refractivity contribution is -0.274. The number of benzene rings is 1. The zero-order chi connectivity index (χ0) is 21.6. The first-order valence-electron chi connectivity index (χ1n) is 8.95. The molecule has 4 aromatic heterocycles. The number of rotatable bonds is 4. The van der Waals surface area contributed by atoms with Crippen LogP contribution in [0.25, 0.3) is 28.1 Å². The average Bonchev–Trinajstić information content (AvgIpc) is 3.28. The first kappa shape index (κ1) is 18.8. The molecular formula is C19H12F3N7O2. The second-order valence-corrected chi connectivity index (χ2v) is 6.60. The van der Waals surface area contributed by atoms with Crippen molar-refractivity contribution >= 4 is 22.2 Å². The molecule has 0 fully saturated rings. The molecule has 0 saturated carbocycles. The van der Waals surface area contributed by atoms with Crippen LogP contribution in [-0.2, 0) is 6.54 Å². The van der Waals surface area contributed by atoms with Crippen molar-refractivity contribution in [3.63, 3.8) is 0 Å². The lowest BCUT2D eigenvalue weighted by Gasteiger charge is -2.09. The molecule has 4 heterocycles. The van der Waals surface area contributed by atoms with Crippen LogP contribution in [-0.4, -0.2) is 40.4 Å². The summed E-state index contributed by atoms with van der Waals surface area (Å²) in [7, 11) is 0. The van der Waals surface area contributed by atoms with Crippen LogP contribution in [0, 0.1) is 0 Å². The van der Waals surface area contributed by atoms with E-state index in [2.05, 4.69) is 29.7 Å². The number of nitrogens with one attached hydrogen (secondary N) is 1. The number of fused-ring (bicyclic) bond motifs is 2. The van der Waals surface area contributed by atoms with E-state index in [4.69, 9.17) is 0 Å². The second kappa shape index (κ2) is 6.93. The minimum atomic E-state index is -4.82. The third kappa shape index (κ3) is 3.58. The Hall–Kier alpha value is -4.22. The summed E-state index contributed by atoms with van der Waals surface area (Å²) in [6.45, 7) is 0.234. The predicted molar refractivity (Wildman–Crippen MR) is 103 cm³/mol. The number of alkyl halides is 3. The average molecular weight is 427 g/mol. The van der Waals surface area contributed by atoms with Crippen molar-refractivity contribution in [1.29, 1.82) is 0 Å². The smallest absolute Gasteiger partial charge is 0.406 e. The summed E-state index contributed by atoms with van der Waals surface area (Å²) in [6, 6.07) is 7.36. The normalized spacial score (nSPS) is 12.0. The molecule has 1 N–H and O–H groups in total. The Morgan fingerprint density at radius 1 is 1.13 bits per heavy atom. The van der Waals surface area contributed by atoms with Crippen LogP contribution in [0.15, 0.2) is 60.0 Å². The van der Waals surface area contributed by atoms with Gasteiger partial charge in [-0.15, -0.1) is 13.2 Å². The summed E-state index contributed by atoms with van der Waals surface area (Å²) in [6.07, 6.45) is 1.27. The fourth-order valence-electron chi connectivity index (χ4n) is 3.22. The maximum absolute atomic E-state index is 12.6. The summed E-state index contributed by atoms with van der Waals surface area (Å²) < 4.78 is 44.6. The number of nitrogens with zero attached hydrogens (tertiary/aromatic N) is 6. The fourth-order valence-corrected chi connectivity index (χ4v) is 3.22. The van der Waals surface area contributed by atoms with E-state index in [1.807, 2.05) is 6.07 Å². The molecule has 12 heteroatoms. The maximum Gasteiger partial charge on any atom is 0.573 e. The number of hydrogen-bond acceptors (Lipinski definition) is 6. The molecule has 0 amide bonds. The van der Waals surface area contributed by atoms with E-state index in [-0.39, 0.29) is 18.2 Å². The summed E-state index contributed by atoms with van der Waals surface area (Å²) in [4.78, 5) is 32.0. The minimum absolute atomic E-state index is 0.137. The van der Waals surface area contributed by atoms with Crippen LogP contribution in [0.4, 0.5) is 13.2 Å². The molecule has 31 heavy (non-hydrogen) atoms. The van der Waals surface area contributed by atoms with Gasteiger partial charge >= 0.3 is 12.1 Å². The van der Waals surface area contributed by atoms with E-state index >= 15 is 0 Å². The molecule has 5 rings (SSSR count). The Morgan fingerprint density at radius 3 is 2.77 bits per heavy atom. The van der Waals surface area contributed by atoms with Gasteiger partial charge in [-0.25, -0.2) is 14.8 Å². The zero-order valence-electron chi connectivity index (χ0n) is 15.5. The largest absolute Gasteiger partial charge is 0.573 e. The van der Waals surface area contributed by atoms with Gasteiger partial charge in [0.05, 0.1) is 23.8 Å². The van der Waals surface area contributed by atoms with Crippen LogP contribution in [0.5, 0.6) is 5.75 Å². The van der Waals surface area contributed by atoms with Gasteiger partial charge in [-0.2, -0.15) is 4.98 Å². The maximum atomic E-state index is 12.6. The van der Waals surface area contributed by atoms with Gasteiger partial charge in [0.25, 0.3) is 0 Å². The first-order valence-corrected chi connectivity index (χ1v) is 8.95. The van der Waals surface area contributed by atoms with Crippen LogP contribution >= 0.6 is 0 Å². The lowest BCUT2D eigenvalue weighted by atomic mass is 10.3. The molecule has 9 nitrogen and oxygen atoms in total. The van der Waals surface area contributed by atoms with Crippen LogP contribution in [0.3, 0.4) is 0 Å². The van der Waals surface area contributed by atoms with Crippen molar-refractivity contribution in [2.24, 2.45) is 0 Å². The third-order valence-electron chi connectivity index (χ3n) is 4.53. The molecule has 0 radical (unpaired) electrons. The van der Waals surface area contributed by atoms with E-state index < -0.39 is 12.1 Å². The highest BCUT2D eigenvalue weighted by Crippen LogP contribution is 2.27. The Kier molecular flexibility index (Phi) is 4.20. The monoisotopic (exact) mass is 427 g/mol. The van der Waals surface area contributed by atoms with Crippen molar-refractivity contribution in [2.45, 2.75) is 12.9 Å². The van der Waals surface area contributed by atoms with Gasteiger partial charge in [-0.1, -0.05) is 6.07 Å².